The maximum Gasteiger partial charge on any atom is 0.218 e. The summed E-state index contributed by atoms with van der Waals surface area (Å²) in [6.45, 7) is 1.60. The van der Waals surface area contributed by atoms with Gasteiger partial charge in [0.15, 0.2) is 5.65 Å². The largest absolute Gasteiger partial charge is 0.469 e. The van der Waals surface area contributed by atoms with Gasteiger partial charge in [0, 0.05) is 69.0 Å². The summed E-state index contributed by atoms with van der Waals surface area (Å²) in [5, 5.41) is 0. The molecule has 32 heavy (non-hydrogen) atoms. The number of aromatic nitrogens is 5. The summed E-state index contributed by atoms with van der Waals surface area (Å²) in [5.74, 6) is 1.53. The van der Waals surface area contributed by atoms with Gasteiger partial charge in [0.05, 0.1) is 17.9 Å². The Morgan fingerprint density at radius 3 is 2.75 bits per heavy atom. The Bertz CT molecular complexity index is 1270. The molecule has 0 amide bonds. The van der Waals surface area contributed by atoms with Gasteiger partial charge in [0.2, 0.25) is 5.88 Å². The molecule has 4 aromatic heterocycles. The Kier molecular flexibility index (Phi) is 4.25. The minimum Gasteiger partial charge on any atom is -0.469 e. The van der Waals surface area contributed by atoms with E-state index in [9.17, 15) is 0 Å². The van der Waals surface area contributed by atoms with Crippen LogP contribution in [0.25, 0.3) is 11.2 Å². The zero-order chi connectivity index (χ0) is 21.7. The molecule has 0 unspecified atom stereocenters. The molecule has 1 spiro atoms. The van der Waals surface area contributed by atoms with Crippen molar-refractivity contribution in [3.8, 4) is 5.88 Å². The van der Waals surface area contributed by atoms with Gasteiger partial charge in [-0.25, -0.2) is 15.0 Å². The van der Waals surface area contributed by atoms with Gasteiger partial charge < -0.3 is 25.3 Å². The summed E-state index contributed by atoms with van der Waals surface area (Å²) in [6, 6.07) is 7.70. The van der Waals surface area contributed by atoms with Crippen LogP contribution in [0, 0.1) is 0 Å². The second kappa shape index (κ2) is 7.16. The molecule has 3 N–H and O–H groups in total. The maximum absolute atomic E-state index is 6.57. The molecule has 9 nitrogen and oxygen atoms in total. The fourth-order valence-electron chi connectivity index (χ4n) is 4.78. The van der Waals surface area contributed by atoms with Crippen LogP contribution in [0.5, 0.6) is 5.88 Å². The van der Waals surface area contributed by atoms with Crippen LogP contribution in [0.2, 0.25) is 0 Å². The molecule has 0 saturated carbocycles. The number of anilines is 3. The van der Waals surface area contributed by atoms with Crippen LogP contribution in [0.3, 0.4) is 0 Å². The highest BCUT2D eigenvalue weighted by molar-refractivity contribution is 5.89. The third-order valence-electron chi connectivity index (χ3n) is 6.70. The zero-order valence-electron chi connectivity index (χ0n) is 17.8. The first kappa shape index (κ1) is 19.0. The van der Waals surface area contributed by atoms with Crippen molar-refractivity contribution in [2.24, 2.45) is 5.73 Å². The van der Waals surface area contributed by atoms with Crippen molar-refractivity contribution in [1.29, 1.82) is 0 Å². The average molecular weight is 429 g/mol. The summed E-state index contributed by atoms with van der Waals surface area (Å²) in [6.07, 6.45) is 10.7. The molecule has 4 aromatic rings. The molecule has 162 valence electrons. The summed E-state index contributed by atoms with van der Waals surface area (Å²) in [5.41, 5.74) is 10.8. The number of fused-ring (bicyclic) bond motifs is 2. The van der Waals surface area contributed by atoms with Gasteiger partial charge in [-0.1, -0.05) is 6.07 Å². The molecule has 1 fully saturated rings. The lowest BCUT2D eigenvalue weighted by Gasteiger charge is -2.41. The fourth-order valence-corrected chi connectivity index (χ4v) is 4.78. The number of nitrogens with one attached hydrogen (secondary N) is 1. The third-order valence-corrected chi connectivity index (χ3v) is 6.70. The summed E-state index contributed by atoms with van der Waals surface area (Å²) in [4.78, 5) is 25.6. The highest BCUT2D eigenvalue weighted by Crippen LogP contribution is 2.46. The van der Waals surface area contributed by atoms with E-state index in [1.54, 1.807) is 18.6 Å². The number of nitrogens with two attached hydrogens (primary N) is 1. The Morgan fingerprint density at radius 2 is 1.97 bits per heavy atom. The lowest BCUT2D eigenvalue weighted by Crippen LogP contribution is -2.51. The third kappa shape index (κ3) is 2.89. The Hall–Kier alpha value is -3.72. The predicted molar refractivity (Wildman–Crippen MR) is 122 cm³/mol. The van der Waals surface area contributed by atoms with Crippen LogP contribution < -0.4 is 20.3 Å². The number of hydrogen-bond donors (Lipinski definition) is 2. The van der Waals surface area contributed by atoms with Crippen molar-refractivity contribution in [2.75, 3.05) is 29.9 Å². The van der Waals surface area contributed by atoms with Gasteiger partial charge in [0.25, 0.3) is 0 Å². The summed E-state index contributed by atoms with van der Waals surface area (Å²) < 4.78 is 6.26. The average Bonchev–Trinajstić information content (AvgIpc) is 3.38. The molecule has 1 atom stereocenters. The normalized spacial score (nSPS) is 19.2. The molecule has 6 rings (SSSR count). The minimum atomic E-state index is -0.391. The van der Waals surface area contributed by atoms with Crippen molar-refractivity contribution >= 4 is 28.4 Å². The number of rotatable bonds is 3. The molecule has 6 heterocycles. The van der Waals surface area contributed by atoms with E-state index in [1.165, 1.54) is 0 Å². The highest BCUT2D eigenvalue weighted by Gasteiger charge is 2.49. The molecule has 0 aromatic carbocycles. The van der Waals surface area contributed by atoms with E-state index in [4.69, 9.17) is 20.4 Å². The van der Waals surface area contributed by atoms with Gasteiger partial charge >= 0.3 is 0 Å². The van der Waals surface area contributed by atoms with E-state index in [2.05, 4.69) is 24.8 Å². The molecule has 1 saturated heterocycles. The molecule has 0 aliphatic carbocycles. The second-order valence-electron chi connectivity index (χ2n) is 8.39. The lowest BCUT2D eigenvalue weighted by atomic mass is 9.83. The zero-order valence-corrected chi connectivity index (χ0v) is 17.8. The van der Waals surface area contributed by atoms with Crippen molar-refractivity contribution in [2.45, 2.75) is 24.5 Å². The van der Waals surface area contributed by atoms with Crippen LogP contribution in [-0.2, 0) is 0 Å². The Labute approximate surface area is 185 Å². The van der Waals surface area contributed by atoms with Gasteiger partial charge in [-0.15, -0.1) is 0 Å². The SMILES string of the molecule is CN(c1ccncc1)c1c[nH]c2nc(N3CCC4(CC3)Oc3ncccc3[C@H]4N)cnc12. The van der Waals surface area contributed by atoms with Gasteiger partial charge in [-0.05, 0) is 18.2 Å². The summed E-state index contributed by atoms with van der Waals surface area (Å²) in [7, 11) is 2.01. The van der Waals surface area contributed by atoms with Gasteiger partial charge in [-0.3, -0.25) is 4.98 Å². The highest BCUT2D eigenvalue weighted by atomic mass is 16.5. The fraction of sp³-hybridized carbons (Fsp3) is 0.304. The predicted octanol–water partition coefficient (Wildman–Crippen LogP) is 2.95. The number of hydrogen-bond acceptors (Lipinski definition) is 8. The number of pyridine rings is 2. The summed E-state index contributed by atoms with van der Waals surface area (Å²) >= 11 is 0. The first-order chi connectivity index (χ1) is 15.6. The second-order valence-corrected chi connectivity index (χ2v) is 8.39. The number of aromatic amines is 1. The quantitative estimate of drug-likeness (QED) is 0.513. The van der Waals surface area contributed by atoms with E-state index in [0.717, 1.165) is 59.9 Å². The van der Waals surface area contributed by atoms with Crippen molar-refractivity contribution in [1.82, 2.24) is 24.9 Å². The molecule has 2 aliphatic rings. The number of nitrogens with zero attached hydrogens (tertiary/aromatic N) is 6. The van der Waals surface area contributed by atoms with E-state index >= 15 is 0 Å². The van der Waals surface area contributed by atoms with Crippen LogP contribution in [0.15, 0.2) is 55.2 Å². The van der Waals surface area contributed by atoms with Crippen molar-refractivity contribution in [3.05, 3.63) is 60.8 Å². The van der Waals surface area contributed by atoms with Crippen LogP contribution in [-0.4, -0.2) is 50.7 Å². The van der Waals surface area contributed by atoms with Crippen molar-refractivity contribution < 1.29 is 4.74 Å². The molecule has 0 radical (unpaired) electrons. The lowest BCUT2D eigenvalue weighted by molar-refractivity contribution is 0.0397. The molecular weight excluding hydrogens is 404 g/mol. The minimum absolute atomic E-state index is 0.156. The van der Waals surface area contributed by atoms with E-state index < -0.39 is 5.60 Å². The van der Waals surface area contributed by atoms with Gasteiger partial charge in [0.1, 0.15) is 16.9 Å². The number of piperidine rings is 1. The molecule has 2 aliphatic heterocycles. The maximum atomic E-state index is 6.57. The number of H-pyrrole nitrogens is 1. The van der Waals surface area contributed by atoms with Gasteiger partial charge in [-0.2, -0.15) is 0 Å². The topological polar surface area (TPSA) is 109 Å². The van der Waals surface area contributed by atoms with Crippen LogP contribution in [0.1, 0.15) is 24.4 Å². The Morgan fingerprint density at radius 1 is 1.16 bits per heavy atom. The Balaban J connectivity index is 1.21. The molecule has 9 heteroatoms. The first-order valence-corrected chi connectivity index (χ1v) is 10.8. The van der Waals surface area contributed by atoms with Crippen LogP contribution in [0.4, 0.5) is 17.2 Å². The molecule has 0 bridgehead atoms. The smallest absolute Gasteiger partial charge is 0.218 e. The van der Waals surface area contributed by atoms with E-state index in [-0.39, 0.29) is 6.04 Å². The van der Waals surface area contributed by atoms with Crippen molar-refractivity contribution in [3.63, 3.8) is 0 Å². The van der Waals surface area contributed by atoms with E-state index in [1.807, 2.05) is 43.7 Å². The first-order valence-electron chi connectivity index (χ1n) is 10.8. The molecular formula is C23H24N8O. The monoisotopic (exact) mass is 428 g/mol. The standard InChI is InChI=1S/C23H24N8O/c1-30(15-4-9-25-10-5-15)17-13-28-21-19(17)27-14-18(29-21)31-11-6-23(7-12-31)20(24)16-3-2-8-26-22(16)32-23/h2-5,8-10,13-14,20H,6-7,11-12,24H2,1H3,(H,28,29)/t20-/m1/s1. The van der Waals surface area contributed by atoms with E-state index in [0.29, 0.717) is 5.88 Å². The van der Waals surface area contributed by atoms with Crippen LogP contribution >= 0.6 is 0 Å². The number of ether oxygens (including phenoxy) is 1.